The molecule has 0 fully saturated rings. The van der Waals surface area contributed by atoms with Crippen molar-refractivity contribution < 1.29 is 28.7 Å². The molecule has 31 heavy (non-hydrogen) atoms. The van der Waals surface area contributed by atoms with Gasteiger partial charge in [0.15, 0.2) is 5.60 Å². The number of halogens is 2. The second-order valence-corrected chi connectivity index (χ2v) is 6.61. The fourth-order valence-electron chi connectivity index (χ4n) is 2.36. The number of nitrogens with two attached hydrogens (primary N) is 1. The summed E-state index contributed by atoms with van der Waals surface area (Å²) >= 11 is 0. The largest absolute Gasteiger partial charge is 0.399 e. The molecule has 0 unspecified atom stereocenters. The number of amides is 2. The van der Waals surface area contributed by atoms with E-state index < -0.39 is 29.9 Å². The summed E-state index contributed by atoms with van der Waals surface area (Å²) in [6.45, 7) is 0.669. The number of benzene rings is 2. The molecule has 0 aliphatic rings. The molecule has 0 spiro atoms. The van der Waals surface area contributed by atoms with E-state index in [1.54, 1.807) is 24.3 Å². The number of carbonyl (C=O) groups is 2. The molecule has 0 aromatic heterocycles. The minimum atomic E-state index is -3.36. The van der Waals surface area contributed by atoms with Crippen molar-refractivity contribution in [2.45, 2.75) is 25.0 Å². The van der Waals surface area contributed by atoms with Crippen LogP contribution in [0.3, 0.4) is 0 Å². The van der Waals surface area contributed by atoms with Gasteiger partial charge in [-0.3, -0.25) is 14.8 Å². The van der Waals surface area contributed by atoms with Crippen LogP contribution in [0.5, 0.6) is 0 Å². The molecule has 2 aromatic carbocycles. The number of anilines is 1. The zero-order chi connectivity index (χ0) is 23.0. The lowest BCUT2D eigenvalue weighted by Gasteiger charge is -2.30. The first-order chi connectivity index (χ1) is 14.6. The Balaban J connectivity index is 2.10. The van der Waals surface area contributed by atoms with Crippen LogP contribution in [0.25, 0.3) is 0 Å². The van der Waals surface area contributed by atoms with Crippen LogP contribution >= 0.6 is 0 Å². The molecule has 160 valence electrons. The summed E-state index contributed by atoms with van der Waals surface area (Å²) in [5.74, 6) is 8.68. The third-order valence-electron chi connectivity index (χ3n) is 4.21. The normalized spacial score (nSPS) is 13.0. The van der Waals surface area contributed by atoms with Crippen molar-refractivity contribution in [3.8, 4) is 23.7 Å². The SMILES string of the molecule is C[C@@](O)(C(F)F)[C@H](NC(=O)c1ccc(C#CC#Cc2ccc(N)cc2)cc1)C(=O)NO. The van der Waals surface area contributed by atoms with Gasteiger partial charge in [-0.15, -0.1) is 0 Å². The van der Waals surface area contributed by atoms with Gasteiger partial charge in [-0.2, -0.15) is 0 Å². The fraction of sp³-hybridized carbons (Fsp3) is 0.182. The first kappa shape index (κ1) is 23.4. The van der Waals surface area contributed by atoms with E-state index in [2.05, 4.69) is 23.7 Å². The molecule has 0 heterocycles. The molecule has 0 saturated carbocycles. The van der Waals surface area contributed by atoms with Crippen LogP contribution in [0.15, 0.2) is 48.5 Å². The average molecular weight is 427 g/mol. The third-order valence-corrected chi connectivity index (χ3v) is 4.21. The molecule has 0 aliphatic carbocycles. The lowest BCUT2D eigenvalue weighted by Crippen LogP contribution is -2.61. The predicted octanol–water partition coefficient (Wildman–Crippen LogP) is 1.29. The summed E-state index contributed by atoms with van der Waals surface area (Å²) in [6.07, 6.45) is -3.36. The van der Waals surface area contributed by atoms with Crippen molar-refractivity contribution in [2.75, 3.05) is 5.73 Å². The van der Waals surface area contributed by atoms with Gasteiger partial charge >= 0.3 is 0 Å². The smallest absolute Gasteiger partial charge is 0.269 e. The molecular formula is C22H19F2N3O4. The number of aliphatic hydroxyl groups is 1. The van der Waals surface area contributed by atoms with Crippen LogP contribution in [0.2, 0.25) is 0 Å². The van der Waals surface area contributed by atoms with Crippen LogP contribution in [-0.2, 0) is 4.79 Å². The molecule has 6 N–H and O–H groups in total. The van der Waals surface area contributed by atoms with Gasteiger partial charge < -0.3 is 16.2 Å². The van der Waals surface area contributed by atoms with E-state index in [9.17, 15) is 23.5 Å². The highest BCUT2D eigenvalue weighted by Crippen LogP contribution is 2.20. The first-order valence-electron chi connectivity index (χ1n) is 8.88. The number of alkyl halides is 2. The molecule has 2 atom stereocenters. The quantitative estimate of drug-likeness (QED) is 0.213. The summed E-state index contributed by atoms with van der Waals surface area (Å²) in [7, 11) is 0. The van der Waals surface area contributed by atoms with Gasteiger partial charge in [-0.1, -0.05) is 11.8 Å². The predicted molar refractivity (Wildman–Crippen MR) is 109 cm³/mol. The molecule has 0 radical (unpaired) electrons. The van der Waals surface area contributed by atoms with Crippen molar-refractivity contribution in [2.24, 2.45) is 0 Å². The highest BCUT2D eigenvalue weighted by Gasteiger charge is 2.46. The van der Waals surface area contributed by atoms with Crippen molar-refractivity contribution >= 4 is 17.5 Å². The van der Waals surface area contributed by atoms with Gasteiger partial charge in [-0.25, -0.2) is 14.3 Å². The Morgan fingerprint density at radius 3 is 1.94 bits per heavy atom. The zero-order valence-corrected chi connectivity index (χ0v) is 16.3. The van der Waals surface area contributed by atoms with Gasteiger partial charge in [0.2, 0.25) is 0 Å². The Bertz CT molecular complexity index is 1060. The summed E-state index contributed by atoms with van der Waals surface area (Å²) in [5, 5.41) is 20.5. The summed E-state index contributed by atoms with van der Waals surface area (Å²) in [5.41, 5.74) is 5.77. The van der Waals surface area contributed by atoms with Gasteiger partial charge in [0, 0.05) is 22.4 Å². The summed E-state index contributed by atoms with van der Waals surface area (Å²) < 4.78 is 26.1. The van der Waals surface area contributed by atoms with Gasteiger partial charge in [-0.05, 0) is 67.3 Å². The topological polar surface area (TPSA) is 125 Å². The number of hydroxylamine groups is 1. The molecular weight excluding hydrogens is 408 g/mol. The van der Waals surface area contributed by atoms with E-state index in [4.69, 9.17) is 10.9 Å². The van der Waals surface area contributed by atoms with Crippen LogP contribution < -0.4 is 16.5 Å². The minimum Gasteiger partial charge on any atom is -0.399 e. The molecule has 2 amide bonds. The molecule has 9 heteroatoms. The molecule has 0 aliphatic heterocycles. The second-order valence-electron chi connectivity index (χ2n) is 6.61. The molecule has 0 bridgehead atoms. The van der Waals surface area contributed by atoms with Crippen molar-refractivity contribution in [3.63, 3.8) is 0 Å². The van der Waals surface area contributed by atoms with E-state index in [0.29, 0.717) is 18.2 Å². The van der Waals surface area contributed by atoms with E-state index in [1.165, 1.54) is 24.3 Å². The number of nitrogen functional groups attached to an aromatic ring is 1. The van der Waals surface area contributed by atoms with Crippen molar-refractivity contribution in [1.82, 2.24) is 10.8 Å². The maximum atomic E-state index is 13.0. The molecule has 2 aromatic rings. The first-order valence-corrected chi connectivity index (χ1v) is 8.88. The summed E-state index contributed by atoms with van der Waals surface area (Å²) in [6, 6.07) is 10.6. The lowest BCUT2D eigenvalue weighted by atomic mass is 9.95. The van der Waals surface area contributed by atoms with Crippen molar-refractivity contribution in [1.29, 1.82) is 0 Å². The Hall–Kier alpha value is -3.92. The monoisotopic (exact) mass is 427 g/mol. The van der Waals surface area contributed by atoms with Gasteiger partial charge in [0.1, 0.15) is 6.04 Å². The van der Waals surface area contributed by atoms with E-state index in [-0.39, 0.29) is 5.56 Å². The van der Waals surface area contributed by atoms with Gasteiger partial charge in [0.25, 0.3) is 18.2 Å². The zero-order valence-electron chi connectivity index (χ0n) is 16.3. The van der Waals surface area contributed by atoms with E-state index >= 15 is 0 Å². The summed E-state index contributed by atoms with van der Waals surface area (Å²) in [4.78, 5) is 23.9. The number of hydrogen-bond donors (Lipinski definition) is 5. The Morgan fingerprint density at radius 1 is 1.00 bits per heavy atom. The number of rotatable bonds is 5. The highest BCUT2D eigenvalue weighted by molar-refractivity contribution is 5.97. The lowest BCUT2D eigenvalue weighted by molar-refractivity contribution is -0.149. The van der Waals surface area contributed by atoms with Crippen LogP contribution in [0, 0.1) is 23.7 Å². The Kier molecular flexibility index (Phi) is 7.70. The highest BCUT2D eigenvalue weighted by atomic mass is 19.3. The van der Waals surface area contributed by atoms with E-state index in [0.717, 1.165) is 11.0 Å². The maximum Gasteiger partial charge on any atom is 0.269 e. The Morgan fingerprint density at radius 2 is 1.48 bits per heavy atom. The standard InChI is InChI=1S/C22H19F2N3O4/c1-22(30,21(23)24)18(20(29)27-31)26-19(28)16-10-6-14(7-11-16)4-2-3-5-15-8-12-17(25)13-9-15/h6-13,18,21,30-31H,25H2,1H3,(H,26,28)(H,27,29)/t18-,22+/m1/s1. The second kappa shape index (κ2) is 10.2. The average Bonchev–Trinajstić information content (AvgIpc) is 2.75. The number of hydrogen-bond acceptors (Lipinski definition) is 5. The van der Waals surface area contributed by atoms with Crippen LogP contribution in [0.4, 0.5) is 14.5 Å². The maximum absolute atomic E-state index is 13.0. The fourth-order valence-corrected chi connectivity index (χ4v) is 2.36. The molecule has 0 saturated heterocycles. The van der Waals surface area contributed by atoms with E-state index in [1.807, 2.05) is 5.32 Å². The molecule has 7 nitrogen and oxygen atoms in total. The van der Waals surface area contributed by atoms with Gasteiger partial charge in [0.05, 0.1) is 0 Å². The Labute approximate surface area is 177 Å². The van der Waals surface area contributed by atoms with Crippen LogP contribution in [-0.4, -0.2) is 40.2 Å². The third kappa shape index (κ3) is 6.28. The minimum absolute atomic E-state index is 0.0271. The number of nitrogens with one attached hydrogen (secondary N) is 2. The molecule has 2 rings (SSSR count). The van der Waals surface area contributed by atoms with Crippen LogP contribution in [0.1, 0.15) is 28.4 Å². The van der Waals surface area contributed by atoms with Crippen molar-refractivity contribution in [3.05, 3.63) is 65.2 Å². The number of carbonyl (C=O) groups excluding carboxylic acids is 2.